The summed E-state index contributed by atoms with van der Waals surface area (Å²) < 4.78 is 1.79. The van der Waals surface area contributed by atoms with E-state index in [0.29, 0.717) is 6.54 Å². The molecule has 1 aliphatic heterocycles. The maximum absolute atomic E-state index is 12.5. The summed E-state index contributed by atoms with van der Waals surface area (Å²) in [5, 5.41) is 6.29. The zero-order valence-corrected chi connectivity index (χ0v) is 15.2. The largest absolute Gasteiger partial charge is 0.339 e. The molecule has 0 N–H and O–H groups in total. The van der Waals surface area contributed by atoms with Gasteiger partial charge in [0.2, 0.25) is 5.91 Å². The Kier molecular flexibility index (Phi) is 5.65. The number of amides is 1. The van der Waals surface area contributed by atoms with Gasteiger partial charge in [-0.25, -0.2) is 0 Å². The number of piperazine rings is 1. The van der Waals surface area contributed by atoms with Crippen molar-refractivity contribution >= 4 is 17.2 Å². The number of nitrogens with zero attached hydrogens (tertiary/aromatic N) is 5. The lowest BCUT2D eigenvalue weighted by atomic mass is 10.3. The van der Waals surface area contributed by atoms with Crippen LogP contribution in [0.15, 0.2) is 29.9 Å². The molecule has 1 aliphatic rings. The van der Waals surface area contributed by atoms with Gasteiger partial charge in [0, 0.05) is 63.0 Å². The van der Waals surface area contributed by atoms with Crippen molar-refractivity contribution in [1.82, 2.24) is 24.5 Å². The summed E-state index contributed by atoms with van der Waals surface area (Å²) in [5.41, 5.74) is 1.13. The Labute approximate surface area is 147 Å². The van der Waals surface area contributed by atoms with Crippen LogP contribution in [0.25, 0.3) is 0 Å². The van der Waals surface area contributed by atoms with Gasteiger partial charge in [0.05, 0.1) is 12.7 Å². The topological polar surface area (TPSA) is 44.6 Å². The van der Waals surface area contributed by atoms with Gasteiger partial charge in [-0.05, 0) is 18.5 Å². The molecule has 0 unspecified atom stereocenters. The number of carbonyl (C=O) groups is 1. The first-order chi connectivity index (χ1) is 11.6. The van der Waals surface area contributed by atoms with Crippen molar-refractivity contribution in [2.24, 2.45) is 7.05 Å². The number of likely N-dealkylation sites (N-methyl/N-ethyl adjacent to an activating group) is 1. The average Bonchev–Trinajstić information content (AvgIpc) is 3.20. The molecule has 24 heavy (non-hydrogen) atoms. The Bertz CT molecular complexity index is 646. The highest BCUT2D eigenvalue weighted by molar-refractivity contribution is 7.09. The van der Waals surface area contributed by atoms with Crippen molar-refractivity contribution in [3.63, 3.8) is 0 Å². The lowest BCUT2D eigenvalue weighted by Gasteiger charge is -2.35. The quantitative estimate of drug-likeness (QED) is 0.789. The maximum atomic E-state index is 12.5. The van der Waals surface area contributed by atoms with E-state index in [0.717, 1.165) is 44.8 Å². The highest BCUT2D eigenvalue weighted by atomic mass is 32.1. The van der Waals surface area contributed by atoms with Gasteiger partial charge in [-0.15, -0.1) is 11.3 Å². The standard InChI is InChI=1S/C17H25N5OS/c1-19(11-15-10-18-20(2)12-15)14-17(23)22-7-5-21(6-8-22)13-16-4-3-9-24-16/h3-4,9-10,12H,5-8,11,13-14H2,1-2H3. The number of hydrogen-bond acceptors (Lipinski definition) is 5. The summed E-state index contributed by atoms with van der Waals surface area (Å²) in [6.45, 7) is 5.76. The summed E-state index contributed by atoms with van der Waals surface area (Å²) in [7, 11) is 3.89. The summed E-state index contributed by atoms with van der Waals surface area (Å²) in [4.78, 5) is 20.3. The normalized spacial score (nSPS) is 16.0. The SMILES string of the molecule is CN(CC(=O)N1CCN(Cc2cccs2)CC1)Cc1cnn(C)c1. The Balaban J connectivity index is 1.41. The average molecular weight is 347 g/mol. The molecule has 0 atom stereocenters. The lowest BCUT2D eigenvalue weighted by molar-refractivity contribution is -0.134. The van der Waals surface area contributed by atoms with Crippen molar-refractivity contribution in [2.75, 3.05) is 39.8 Å². The lowest BCUT2D eigenvalue weighted by Crippen LogP contribution is -2.50. The molecule has 6 nitrogen and oxygen atoms in total. The molecule has 0 saturated carbocycles. The molecular weight excluding hydrogens is 322 g/mol. The highest BCUT2D eigenvalue weighted by Gasteiger charge is 2.22. The molecule has 1 amide bonds. The maximum Gasteiger partial charge on any atom is 0.236 e. The number of hydrogen-bond donors (Lipinski definition) is 0. The van der Waals surface area contributed by atoms with Crippen LogP contribution in [0.1, 0.15) is 10.4 Å². The van der Waals surface area contributed by atoms with Crippen LogP contribution >= 0.6 is 11.3 Å². The molecule has 0 aliphatic carbocycles. The Morgan fingerprint density at radius 2 is 2.12 bits per heavy atom. The first-order valence-electron chi connectivity index (χ1n) is 8.29. The van der Waals surface area contributed by atoms with Crippen LogP contribution in [-0.2, 0) is 24.9 Å². The van der Waals surface area contributed by atoms with Gasteiger partial charge in [-0.1, -0.05) is 6.07 Å². The second-order valence-electron chi connectivity index (χ2n) is 6.43. The van der Waals surface area contributed by atoms with Crippen LogP contribution in [0.2, 0.25) is 0 Å². The van der Waals surface area contributed by atoms with Crippen LogP contribution in [0.5, 0.6) is 0 Å². The van der Waals surface area contributed by atoms with E-state index in [2.05, 4.69) is 32.4 Å². The van der Waals surface area contributed by atoms with E-state index in [1.165, 1.54) is 4.88 Å². The van der Waals surface area contributed by atoms with Gasteiger partial charge >= 0.3 is 0 Å². The molecule has 3 heterocycles. The third kappa shape index (κ3) is 4.66. The van der Waals surface area contributed by atoms with Crippen LogP contribution in [-0.4, -0.2) is 70.2 Å². The Morgan fingerprint density at radius 1 is 1.33 bits per heavy atom. The fourth-order valence-electron chi connectivity index (χ4n) is 3.03. The third-order valence-electron chi connectivity index (χ3n) is 4.30. The van der Waals surface area contributed by atoms with Gasteiger partial charge in [0.15, 0.2) is 0 Å². The summed E-state index contributed by atoms with van der Waals surface area (Å²) >= 11 is 1.80. The Hall–Kier alpha value is -1.70. The highest BCUT2D eigenvalue weighted by Crippen LogP contribution is 2.13. The minimum Gasteiger partial charge on any atom is -0.339 e. The second-order valence-corrected chi connectivity index (χ2v) is 7.46. The molecule has 2 aromatic rings. The minimum atomic E-state index is 0.220. The van der Waals surface area contributed by atoms with E-state index in [1.807, 2.05) is 31.4 Å². The zero-order valence-electron chi connectivity index (χ0n) is 14.4. The van der Waals surface area contributed by atoms with Gasteiger partial charge in [-0.3, -0.25) is 19.3 Å². The molecule has 0 spiro atoms. The summed E-state index contributed by atoms with van der Waals surface area (Å²) in [6.07, 6.45) is 3.84. The molecule has 2 aromatic heterocycles. The van der Waals surface area contributed by atoms with Gasteiger partial charge < -0.3 is 4.90 Å². The predicted octanol–water partition coefficient (Wildman–Crippen LogP) is 1.26. The fraction of sp³-hybridized carbons (Fsp3) is 0.529. The van der Waals surface area contributed by atoms with Crippen molar-refractivity contribution in [1.29, 1.82) is 0 Å². The molecule has 1 fully saturated rings. The number of thiophene rings is 1. The molecule has 0 aromatic carbocycles. The van der Waals surface area contributed by atoms with E-state index < -0.39 is 0 Å². The Morgan fingerprint density at radius 3 is 2.75 bits per heavy atom. The summed E-state index contributed by atoms with van der Waals surface area (Å²) in [5.74, 6) is 0.220. The van der Waals surface area contributed by atoms with E-state index in [-0.39, 0.29) is 5.91 Å². The van der Waals surface area contributed by atoms with E-state index >= 15 is 0 Å². The van der Waals surface area contributed by atoms with Crippen LogP contribution in [0.3, 0.4) is 0 Å². The van der Waals surface area contributed by atoms with Crippen molar-refractivity contribution in [3.05, 3.63) is 40.3 Å². The third-order valence-corrected chi connectivity index (χ3v) is 5.16. The molecule has 0 bridgehead atoms. The monoisotopic (exact) mass is 347 g/mol. The van der Waals surface area contributed by atoms with Crippen LogP contribution in [0, 0.1) is 0 Å². The minimum absolute atomic E-state index is 0.220. The predicted molar refractivity (Wildman–Crippen MR) is 95.7 cm³/mol. The van der Waals surface area contributed by atoms with E-state index in [9.17, 15) is 4.79 Å². The number of rotatable bonds is 6. The van der Waals surface area contributed by atoms with Crippen molar-refractivity contribution < 1.29 is 4.79 Å². The number of aryl methyl sites for hydroxylation is 1. The summed E-state index contributed by atoms with van der Waals surface area (Å²) in [6, 6.07) is 4.27. The van der Waals surface area contributed by atoms with Crippen molar-refractivity contribution in [3.8, 4) is 0 Å². The molecular formula is C17H25N5OS. The van der Waals surface area contributed by atoms with E-state index in [1.54, 1.807) is 16.0 Å². The number of carbonyl (C=O) groups excluding carboxylic acids is 1. The molecule has 130 valence electrons. The second kappa shape index (κ2) is 7.92. The van der Waals surface area contributed by atoms with Crippen LogP contribution < -0.4 is 0 Å². The van der Waals surface area contributed by atoms with Gasteiger partial charge in [0.25, 0.3) is 0 Å². The van der Waals surface area contributed by atoms with Crippen LogP contribution in [0.4, 0.5) is 0 Å². The molecule has 0 radical (unpaired) electrons. The fourth-order valence-corrected chi connectivity index (χ4v) is 3.78. The van der Waals surface area contributed by atoms with E-state index in [4.69, 9.17) is 0 Å². The van der Waals surface area contributed by atoms with Gasteiger partial charge in [-0.2, -0.15) is 5.10 Å². The first-order valence-corrected chi connectivity index (χ1v) is 9.16. The molecule has 7 heteroatoms. The molecule has 1 saturated heterocycles. The molecule has 3 rings (SSSR count). The van der Waals surface area contributed by atoms with Crippen molar-refractivity contribution in [2.45, 2.75) is 13.1 Å². The van der Waals surface area contributed by atoms with Gasteiger partial charge in [0.1, 0.15) is 0 Å². The smallest absolute Gasteiger partial charge is 0.236 e. The number of aromatic nitrogens is 2. The zero-order chi connectivity index (χ0) is 16.9. The first kappa shape index (κ1) is 17.1.